The number of hydrogen-bond donors (Lipinski definition) is 2. The zero-order valence-corrected chi connectivity index (χ0v) is 12.6. The van der Waals surface area contributed by atoms with Crippen molar-refractivity contribution in [3.05, 3.63) is 71.1 Å². The zero-order valence-electron chi connectivity index (χ0n) is 12.6. The summed E-state index contributed by atoms with van der Waals surface area (Å²) in [6.07, 6.45) is 3.89. The van der Waals surface area contributed by atoms with Crippen LogP contribution in [-0.2, 0) is 0 Å². The lowest BCUT2D eigenvalue weighted by Gasteiger charge is -2.11. The molecular weight excluding hydrogens is 244 g/mol. The van der Waals surface area contributed by atoms with Crippen LogP contribution in [0.5, 0.6) is 0 Å². The number of rotatable bonds is 4. The van der Waals surface area contributed by atoms with E-state index in [0.29, 0.717) is 0 Å². The van der Waals surface area contributed by atoms with Crippen LogP contribution < -0.4 is 10.6 Å². The van der Waals surface area contributed by atoms with E-state index in [1.54, 1.807) is 0 Å². The molecule has 0 amide bonds. The first kappa shape index (κ1) is 14.2. The fourth-order valence-corrected chi connectivity index (χ4v) is 2.33. The summed E-state index contributed by atoms with van der Waals surface area (Å²) >= 11 is 0. The molecule has 2 aromatic carbocycles. The smallest absolute Gasteiger partial charge is 0.0439 e. The van der Waals surface area contributed by atoms with Gasteiger partial charge in [-0.2, -0.15) is 0 Å². The highest BCUT2D eigenvalue weighted by atomic mass is 14.9. The Morgan fingerprint density at radius 1 is 0.600 bits per heavy atom. The first-order valence-electron chi connectivity index (χ1n) is 6.90. The van der Waals surface area contributed by atoms with E-state index < -0.39 is 0 Å². The second-order valence-corrected chi connectivity index (χ2v) is 5.16. The molecule has 20 heavy (non-hydrogen) atoms. The molecule has 104 valence electrons. The summed E-state index contributed by atoms with van der Waals surface area (Å²) in [6.45, 7) is 8.45. The van der Waals surface area contributed by atoms with Gasteiger partial charge in [-0.1, -0.05) is 36.4 Å². The molecular formula is C18H22N2. The molecule has 2 rings (SSSR count). The number of hydrogen-bond acceptors (Lipinski definition) is 2. The van der Waals surface area contributed by atoms with Crippen LogP contribution in [0.25, 0.3) is 0 Å². The van der Waals surface area contributed by atoms with Crippen LogP contribution in [0.15, 0.2) is 48.8 Å². The summed E-state index contributed by atoms with van der Waals surface area (Å²) in [5.41, 5.74) is 7.35. The maximum atomic E-state index is 3.35. The van der Waals surface area contributed by atoms with Crippen molar-refractivity contribution in [2.75, 3.05) is 10.6 Å². The molecule has 0 spiro atoms. The minimum Gasteiger partial charge on any atom is -0.360 e. The molecule has 2 aromatic rings. The maximum Gasteiger partial charge on any atom is 0.0439 e. The Bertz CT molecular complexity index is 531. The van der Waals surface area contributed by atoms with Crippen molar-refractivity contribution >= 4 is 11.4 Å². The SMILES string of the molecule is Cc1cccc(C)c1N/C=C\Nc1c(C)cccc1C. The Balaban J connectivity index is 2.05. The molecule has 0 radical (unpaired) electrons. The minimum absolute atomic E-state index is 1.17. The fraction of sp³-hybridized carbons (Fsp3) is 0.222. The van der Waals surface area contributed by atoms with Crippen molar-refractivity contribution in [2.24, 2.45) is 0 Å². The van der Waals surface area contributed by atoms with Gasteiger partial charge in [0.25, 0.3) is 0 Å². The summed E-state index contributed by atoms with van der Waals surface area (Å²) in [5, 5.41) is 6.69. The Morgan fingerprint density at radius 2 is 0.900 bits per heavy atom. The Hall–Kier alpha value is -2.22. The Labute approximate surface area is 121 Å². The standard InChI is InChI=1S/C18H22N2/c1-13-7-5-8-14(2)17(13)19-11-12-20-18-15(3)9-6-10-16(18)4/h5-12,19-20H,1-4H3/b12-11-. The van der Waals surface area contributed by atoms with Gasteiger partial charge in [-0.05, 0) is 49.9 Å². The van der Waals surface area contributed by atoms with E-state index in [1.165, 1.54) is 33.6 Å². The predicted octanol–water partition coefficient (Wildman–Crippen LogP) is 4.92. The fourth-order valence-electron chi connectivity index (χ4n) is 2.33. The quantitative estimate of drug-likeness (QED) is 0.821. The molecule has 0 saturated heterocycles. The summed E-state index contributed by atoms with van der Waals surface area (Å²) in [5.74, 6) is 0. The number of para-hydroxylation sites is 2. The van der Waals surface area contributed by atoms with E-state index in [1.807, 2.05) is 12.4 Å². The molecule has 0 unspecified atom stereocenters. The number of anilines is 2. The lowest BCUT2D eigenvalue weighted by molar-refractivity contribution is 1.34. The van der Waals surface area contributed by atoms with Crippen LogP contribution in [0, 0.1) is 27.7 Å². The molecule has 0 aliphatic heterocycles. The third-order valence-electron chi connectivity index (χ3n) is 3.50. The van der Waals surface area contributed by atoms with Gasteiger partial charge in [0.1, 0.15) is 0 Å². The molecule has 0 atom stereocenters. The molecule has 0 aromatic heterocycles. The Morgan fingerprint density at radius 3 is 1.20 bits per heavy atom. The summed E-state index contributed by atoms with van der Waals surface area (Å²) in [4.78, 5) is 0. The molecule has 0 aliphatic rings. The molecule has 0 fully saturated rings. The molecule has 0 bridgehead atoms. The second kappa shape index (κ2) is 6.29. The van der Waals surface area contributed by atoms with Crippen molar-refractivity contribution in [1.29, 1.82) is 0 Å². The Kier molecular flexibility index (Phi) is 4.46. The number of nitrogens with one attached hydrogen (secondary N) is 2. The van der Waals surface area contributed by atoms with E-state index in [-0.39, 0.29) is 0 Å². The summed E-state index contributed by atoms with van der Waals surface area (Å²) in [7, 11) is 0. The van der Waals surface area contributed by atoms with Crippen LogP contribution in [0.1, 0.15) is 22.3 Å². The largest absolute Gasteiger partial charge is 0.360 e. The van der Waals surface area contributed by atoms with Gasteiger partial charge < -0.3 is 10.6 Å². The van der Waals surface area contributed by atoms with Gasteiger partial charge in [0, 0.05) is 23.8 Å². The number of benzene rings is 2. The highest BCUT2D eigenvalue weighted by molar-refractivity contribution is 5.60. The van der Waals surface area contributed by atoms with Crippen LogP contribution in [-0.4, -0.2) is 0 Å². The van der Waals surface area contributed by atoms with Crippen molar-refractivity contribution in [3.8, 4) is 0 Å². The number of aryl methyl sites for hydroxylation is 4. The van der Waals surface area contributed by atoms with Crippen LogP contribution in [0.2, 0.25) is 0 Å². The molecule has 2 nitrogen and oxygen atoms in total. The highest BCUT2D eigenvalue weighted by Crippen LogP contribution is 2.20. The van der Waals surface area contributed by atoms with E-state index >= 15 is 0 Å². The zero-order chi connectivity index (χ0) is 14.5. The van der Waals surface area contributed by atoms with E-state index in [2.05, 4.69) is 74.7 Å². The lowest BCUT2D eigenvalue weighted by atomic mass is 10.1. The predicted molar refractivity (Wildman–Crippen MR) is 88.2 cm³/mol. The van der Waals surface area contributed by atoms with Crippen LogP contribution in [0.4, 0.5) is 11.4 Å². The molecule has 2 heteroatoms. The average Bonchev–Trinajstić information content (AvgIpc) is 2.40. The highest BCUT2D eigenvalue weighted by Gasteiger charge is 2.00. The van der Waals surface area contributed by atoms with Gasteiger partial charge in [-0.3, -0.25) is 0 Å². The van der Waals surface area contributed by atoms with Crippen LogP contribution >= 0.6 is 0 Å². The van der Waals surface area contributed by atoms with E-state index in [0.717, 1.165) is 0 Å². The lowest BCUT2D eigenvalue weighted by Crippen LogP contribution is -1.98. The molecule has 2 N–H and O–H groups in total. The van der Waals surface area contributed by atoms with Crippen molar-refractivity contribution in [3.63, 3.8) is 0 Å². The van der Waals surface area contributed by atoms with Crippen LogP contribution in [0.3, 0.4) is 0 Å². The van der Waals surface area contributed by atoms with Gasteiger partial charge in [0.15, 0.2) is 0 Å². The average molecular weight is 266 g/mol. The van der Waals surface area contributed by atoms with Gasteiger partial charge in [0.2, 0.25) is 0 Å². The molecule has 0 saturated carbocycles. The topological polar surface area (TPSA) is 24.1 Å². The summed E-state index contributed by atoms with van der Waals surface area (Å²) in [6, 6.07) is 12.6. The monoisotopic (exact) mass is 266 g/mol. The van der Waals surface area contributed by atoms with Gasteiger partial charge in [-0.15, -0.1) is 0 Å². The third-order valence-corrected chi connectivity index (χ3v) is 3.50. The van der Waals surface area contributed by atoms with Gasteiger partial charge >= 0.3 is 0 Å². The van der Waals surface area contributed by atoms with Crippen molar-refractivity contribution in [1.82, 2.24) is 0 Å². The van der Waals surface area contributed by atoms with Gasteiger partial charge in [-0.25, -0.2) is 0 Å². The van der Waals surface area contributed by atoms with Gasteiger partial charge in [0.05, 0.1) is 0 Å². The minimum atomic E-state index is 1.17. The summed E-state index contributed by atoms with van der Waals surface area (Å²) < 4.78 is 0. The molecule has 0 aliphatic carbocycles. The van der Waals surface area contributed by atoms with E-state index in [9.17, 15) is 0 Å². The first-order valence-corrected chi connectivity index (χ1v) is 6.90. The third kappa shape index (κ3) is 3.21. The maximum absolute atomic E-state index is 3.35. The van der Waals surface area contributed by atoms with Crippen molar-refractivity contribution in [2.45, 2.75) is 27.7 Å². The van der Waals surface area contributed by atoms with Crippen molar-refractivity contribution < 1.29 is 0 Å². The van der Waals surface area contributed by atoms with E-state index in [4.69, 9.17) is 0 Å². The first-order chi connectivity index (χ1) is 9.59. The molecule has 0 heterocycles. The normalized spacial score (nSPS) is 10.8. The second-order valence-electron chi connectivity index (χ2n) is 5.16.